The van der Waals surface area contributed by atoms with Gasteiger partial charge in [-0.15, -0.1) is 0 Å². The summed E-state index contributed by atoms with van der Waals surface area (Å²) >= 11 is 0. The van der Waals surface area contributed by atoms with Crippen molar-refractivity contribution >= 4 is 17.5 Å². The molecule has 110 valence electrons. The van der Waals surface area contributed by atoms with E-state index < -0.39 is 5.60 Å². The van der Waals surface area contributed by atoms with Gasteiger partial charge in [-0.2, -0.15) is 0 Å². The molecule has 1 aliphatic carbocycles. The van der Waals surface area contributed by atoms with Gasteiger partial charge in [-0.3, -0.25) is 9.59 Å². The highest BCUT2D eigenvalue weighted by molar-refractivity contribution is 5.99. The summed E-state index contributed by atoms with van der Waals surface area (Å²) in [6.45, 7) is 0.784. The summed E-state index contributed by atoms with van der Waals surface area (Å²) in [5, 5.41) is 13.0. The Morgan fingerprint density at radius 3 is 2.86 bits per heavy atom. The van der Waals surface area contributed by atoms with Crippen LogP contribution in [0.25, 0.3) is 0 Å². The van der Waals surface area contributed by atoms with Crippen LogP contribution in [0.1, 0.15) is 23.2 Å². The smallest absolute Gasteiger partial charge is 0.262 e. The molecule has 4 rings (SSSR count). The Kier molecular flexibility index (Phi) is 2.53. The van der Waals surface area contributed by atoms with Crippen molar-refractivity contribution in [2.24, 2.45) is 5.92 Å². The Bertz CT molecular complexity index is 633. The zero-order valence-corrected chi connectivity index (χ0v) is 11.5. The van der Waals surface area contributed by atoms with E-state index in [1.165, 1.54) is 0 Å². The zero-order valence-electron chi connectivity index (χ0n) is 11.5. The maximum Gasteiger partial charge on any atom is 0.262 e. The van der Waals surface area contributed by atoms with Crippen molar-refractivity contribution < 1.29 is 19.4 Å². The third-order valence-corrected chi connectivity index (χ3v) is 4.42. The van der Waals surface area contributed by atoms with Crippen LogP contribution in [-0.4, -0.2) is 47.1 Å². The fourth-order valence-corrected chi connectivity index (χ4v) is 3.03. The van der Waals surface area contributed by atoms with Gasteiger partial charge in [0.2, 0.25) is 0 Å². The second-order valence-corrected chi connectivity index (χ2v) is 6.09. The summed E-state index contributed by atoms with van der Waals surface area (Å²) in [6, 6.07) is 4.99. The summed E-state index contributed by atoms with van der Waals surface area (Å²) in [7, 11) is 0. The minimum Gasteiger partial charge on any atom is -0.482 e. The van der Waals surface area contributed by atoms with Crippen molar-refractivity contribution in [3.8, 4) is 5.75 Å². The standard InChI is InChI=1S/C15H16N2O4/c18-13-6-21-12-5-9(1-4-11(12)16-13)14(19)17-7-15(20,8-17)10-2-3-10/h1,4-5,10,20H,2-3,6-8H2,(H,16,18). The van der Waals surface area contributed by atoms with E-state index in [2.05, 4.69) is 5.32 Å². The number of hydrogen-bond donors (Lipinski definition) is 2. The molecular formula is C15H16N2O4. The van der Waals surface area contributed by atoms with E-state index in [1.54, 1.807) is 23.1 Å². The molecule has 0 aromatic heterocycles. The first kappa shape index (κ1) is 12.6. The molecule has 6 heteroatoms. The van der Waals surface area contributed by atoms with Crippen LogP contribution in [0.15, 0.2) is 18.2 Å². The van der Waals surface area contributed by atoms with Gasteiger partial charge in [0.25, 0.3) is 11.8 Å². The fraction of sp³-hybridized carbons (Fsp3) is 0.467. The third kappa shape index (κ3) is 2.06. The minimum atomic E-state index is -0.672. The normalized spacial score (nSPS) is 22.7. The van der Waals surface area contributed by atoms with E-state index in [0.717, 1.165) is 12.8 Å². The number of likely N-dealkylation sites (tertiary alicyclic amines) is 1. The maximum atomic E-state index is 12.4. The Labute approximate surface area is 121 Å². The average Bonchev–Trinajstić information content (AvgIpc) is 3.27. The Hall–Kier alpha value is -2.08. The van der Waals surface area contributed by atoms with E-state index in [0.29, 0.717) is 36.0 Å². The van der Waals surface area contributed by atoms with Crippen molar-refractivity contribution in [3.05, 3.63) is 23.8 Å². The number of carbonyl (C=O) groups excluding carboxylic acids is 2. The number of fused-ring (bicyclic) bond motifs is 1. The molecule has 1 aromatic rings. The van der Waals surface area contributed by atoms with Gasteiger partial charge < -0.3 is 20.1 Å². The first-order chi connectivity index (χ1) is 10.0. The van der Waals surface area contributed by atoms with Gasteiger partial charge in [0.1, 0.15) is 11.4 Å². The molecule has 21 heavy (non-hydrogen) atoms. The first-order valence-corrected chi connectivity index (χ1v) is 7.13. The number of hydrogen-bond acceptors (Lipinski definition) is 4. The lowest BCUT2D eigenvalue weighted by molar-refractivity contribution is -0.118. The molecule has 3 aliphatic rings. The van der Waals surface area contributed by atoms with Crippen LogP contribution in [0.3, 0.4) is 0 Å². The molecule has 1 aromatic carbocycles. The predicted octanol–water partition coefficient (Wildman–Crippen LogP) is 0.614. The van der Waals surface area contributed by atoms with E-state index in [4.69, 9.17) is 4.74 Å². The highest BCUT2D eigenvalue weighted by atomic mass is 16.5. The van der Waals surface area contributed by atoms with Crippen LogP contribution in [0.2, 0.25) is 0 Å². The first-order valence-electron chi connectivity index (χ1n) is 7.13. The van der Waals surface area contributed by atoms with Crippen LogP contribution in [0, 0.1) is 5.92 Å². The Balaban J connectivity index is 1.49. The minimum absolute atomic E-state index is 0.0320. The molecule has 1 saturated heterocycles. The number of benzene rings is 1. The lowest BCUT2D eigenvalue weighted by Crippen LogP contribution is -2.64. The molecule has 0 bridgehead atoms. The molecule has 1 saturated carbocycles. The van der Waals surface area contributed by atoms with Crippen molar-refractivity contribution in [2.75, 3.05) is 25.0 Å². The number of nitrogens with zero attached hydrogens (tertiary/aromatic N) is 1. The van der Waals surface area contributed by atoms with E-state index in [1.807, 2.05) is 0 Å². The molecule has 2 heterocycles. The van der Waals surface area contributed by atoms with Crippen molar-refractivity contribution in [1.29, 1.82) is 0 Å². The average molecular weight is 288 g/mol. The Morgan fingerprint density at radius 1 is 1.38 bits per heavy atom. The van der Waals surface area contributed by atoms with E-state index >= 15 is 0 Å². The van der Waals surface area contributed by atoms with Crippen molar-refractivity contribution in [1.82, 2.24) is 4.90 Å². The largest absolute Gasteiger partial charge is 0.482 e. The maximum absolute atomic E-state index is 12.4. The van der Waals surface area contributed by atoms with Gasteiger partial charge in [0.15, 0.2) is 6.61 Å². The van der Waals surface area contributed by atoms with Gasteiger partial charge in [-0.05, 0) is 37.0 Å². The molecule has 0 atom stereocenters. The Morgan fingerprint density at radius 2 is 2.14 bits per heavy atom. The highest BCUT2D eigenvalue weighted by Gasteiger charge is 2.53. The van der Waals surface area contributed by atoms with Crippen LogP contribution in [0.4, 0.5) is 5.69 Å². The molecule has 0 spiro atoms. The molecule has 6 nitrogen and oxygen atoms in total. The molecule has 2 aliphatic heterocycles. The number of nitrogens with one attached hydrogen (secondary N) is 1. The molecular weight excluding hydrogens is 272 g/mol. The number of amides is 2. The topological polar surface area (TPSA) is 78.9 Å². The molecule has 2 amide bonds. The second kappa shape index (κ2) is 4.21. The summed E-state index contributed by atoms with van der Waals surface area (Å²) in [5.41, 5.74) is 0.428. The third-order valence-electron chi connectivity index (χ3n) is 4.42. The highest BCUT2D eigenvalue weighted by Crippen LogP contribution is 2.44. The molecule has 0 radical (unpaired) electrons. The number of rotatable bonds is 2. The molecule has 2 fully saturated rings. The SMILES string of the molecule is O=C1COc2cc(C(=O)N3CC(O)(C4CC4)C3)ccc2N1. The molecule has 2 N–H and O–H groups in total. The number of anilines is 1. The molecule has 0 unspecified atom stereocenters. The lowest BCUT2D eigenvalue weighted by Gasteiger charge is -2.47. The van der Waals surface area contributed by atoms with Gasteiger partial charge in [0.05, 0.1) is 18.8 Å². The summed E-state index contributed by atoms with van der Waals surface area (Å²) in [4.78, 5) is 25.2. The summed E-state index contributed by atoms with van der Waals surface area (Å²) < 4.78 is 5.31. The zero-order chi connectivity index (χ0) is 14.6. The number of aliphatic hydroxyl groups is 1. The second-order valence-electron chi connectivity index (χ2n) is 6.09. The van der Waals surface area contributed by atoms with Gasteiger partial charge in [-0.1, -0.05) is 0 Å². The van der Waals surface area contributed by atoms with Gasteiger partial charge in [-0.25, -0.2) is 0 Å². The quantitative estimate of drug-likeness (QED) is 0.836. The van der Waals surface area contributed by atoms with E-state index in [9.17, 15) is 14.7 Å². The van der Waals surface area contributed by atoms with Crippen LogP contribution >= 0.6 is 0 Å². The fourth-order valence-electron chi connectivity index (χ4n) is 3.03. The van der Waals surface area contributed by atoms with Crippen LogP contribution in [-0.2, 0) is 4.79 Å². The van der Waals surface area contributed by atoms with Crippen LogP contribution in [0.5, 0.6) is 5.75 Å². The van der Waals surface area contributed by atoms with Crippen LogP contribution < -0.4 is 10.1 Å². The van der Waals surface area contributed by atoms with E-state index in [-0.39, 0.29) is 18.4 Å². The predicted molar refractivity (Wildman–Crippen MR) is 74.1 cm³/mol. The number of carbonyl (C=O) groups is 2. The number of β-amino-alcohol motifs (C(OH)–C–C–N with tert-alkyl or cyclic N) is 1. The monoisotopic (exact) mass is 288 g/mol. The lowest BCUT2D eigenvalue weighted by atomic mass is 9.88. The van der Waals surface area contributed by atoms with Crippen molar-refractivity contribution in [3.63, 3.8) is 0 Å². The van der Waals surface area contributed by atoms with Gasteiger partial charge >= 0.3 is 0 Å². The number of ether oxygens (including phenoxy) is 1. The van der Waals surface area contributed by atoms with Gasteiger partial charge in [0, 0.05) is 5.56 Å². The summed E-state index contributed by atoms with van der Waals surface area (Å²) in [5.74, 6) is 0.574. The summed E-state index contributed by atoms with van der Waals surface area (Å²) in [6.07, 6.45) is 2.12. The van der Waals surface area contributed by atoms with Crippen molar-refractivity contribution in [2.45, 2.75) is 18.4 Å².